The molecular weight excluding hydrogens is 414 g/mol. The molecule has 0 heterocycles. The van der Waals surface area contributed by atoms with E-state index in [1.54, 1.807) is 4.90 Å². The van der Waals surface area contributed by atoms with Crippen molar-refractivity contribution in [1.29, 1.82) is 0 Å². The minimum Gasteiger partial charge on any atom is -0.325 e. The summed E-state index contributed by atoms with van der Waals surface area (Å²) in [6.45, 7) is 2.17. The van der Waals surface area contributed by atoms with Crippen LogP contribution in [-0.2, 0) is 4.79 Å². The summed E-state index contributed by atoms with van der Waals surface area (Å²) in [5, 5.41) is 0. The van der Waals surface area contributed by atoms with E-state index >= 15 is 0 Å². The molecule has 0 spiro atoms. The summed E-state index contributed by atoms with van der Waals surface area (Å²) in [7, 11) is 0. The lowest BCUT2D eigenvalue weighted by Crippen LogP contribution is -2.38. The van der Waals surface area contributed by atoms with Crippen LogP contribution < -0.4 is 0 Å². The summed E-state index contributed by atoms with van der Waals surface area (Å²) < 4.78 is 0.931. The van der Waals surface area contributed by atoms with E-state index in [1.165, 1.54) is 19.3 Å². The van der Waals surface area contributed by atoms with Crippen LogP contribution in [0.3, 0.4) is 0 Å². The highest BCUT2D eigenvalue weighted by Gasteiger charge is 2.26. The smallest absolute Gasteiger partial charge is 0.254 e. The molecule has 3 nitrogen and oxygen atoms in total. The predicted molar refractivity (Wildman–Crippen MR) is 116 cm³/mol. The molecule has 0 radical (unpaired) electrons. The van der Waals surface area contributed by atoms with Crippen LogP contribution in [-0.4, -0.2) is 23.1 Å². The molecule has 2 aromatic rings. The summed E-state index contributed by atoms with van der Waals surface area (Å²) >= 11 is 3.41. The number of hydrogen-bond donors (Lipinski definition) is 0. The summed E-state index contributed by atoms with van der Waals surface area (Å²) in [6.07, 6.45) is 6.59. The molecule has 0 N–H and O–H groups in total. The standard InChI is InChI=1S/C24H28BrNO2/c1-18(20-10-6-3-7-11-20)26(24(28)21-12-14-22(25)15-13-21)17-23(27)16-19-8-4-2-5-9-19/h3,6-7,10-15,18-19H,2,4-5,8-9,16-17H2,1H3/t18-/m1/s1. The largest absolute Gasteiger partial charge is 0.325 e. The van der Waals surface area contributed by atoms with Crippen LogP contribution in [0.2, 0.25) is 0 Å². The molecule has 1 amide bonds. The first-order valence-electron chi connectivity index (χ1n) is 10.2. The first-order chi connectivity index (χ1) is 13.5. The number of amides is 1. The second-order valence-electron chi connectivity index (χ2n) is 7.77. The lowest BCUT2D eigenvalue weighted by Gasteiger charge is -2.30. The molecule has 1 aliphatic rings. The molecule has 0 aromatic heterocycles. The number of ketones is 1. The maximum absolute atomic E-state index is 13.3. The lowest BCUT2D eigenvalue weighted by atomic mass is 9.85. The van der Waals surface area contributed by atoms with Crippen molar-refractivity contribution in [3.8, 4) is 0 Å². The second kappa shape index (κ2) is 10.0. The number of Topliss-reactive ketones (excluding diaryl/α,β-unsaturated/α-hetero) is 1. The van der Waals surface area contributed by atoms with Crippen molar-refractivity contribution in [1.82, 2.24) is 4.90 Å². The predicted octanol–water partition coefficient (Wildman–Crippen LogP) is 6.19. The second-order valence-corrected chi connectivity index (χ2v) is 8.69. The molecule has 1 atom stereocenters. The molecular formula is C24H28BrNO2. The van der Waals surface area contributed by atoms with Gasteiger partial charge in [-0.25, -0.2) is 0 Å². The Morgan fingerprint density at radius 2 is 1.64 bits per heavy atom. The molecule has 0 saturated heterocycles. The quantitative estimate of drug-likeness (QED) is 0.513. The average Bonchev–Trinajstić information content (AvgIpc) is 2.73. The Morgan fingerprint density at radius 3 is 2.29 bits per heavy atom. The third-order valence-corrected chi connectivity index (χ3v) is 6.22. The third kappa shape index (κ3) is 5.54. The van der Waals surface area contributed by atoms with Gasteiger partial charge in [0.15, 0.2) is 5.78 Å². The molecule has 0 aliphatic heterocycles. The summed E-state index contributed by atoms with van der Waals surface area (Å²) in [5.74, 6) is 0.555. The topological polar surface area (TPSA) is 37.4 Å². The molecule has 1 aliphatic carbocycles. The van der Waals surface area contributed by atoms with E-state index in [2.05, 4.69) is 15.9 Å². The zero-order valence-electron chi connectivity index (χ0n) is 16.4. The van der Waals surface area contributed by atoms with Gasteiger partial charge in [0.2, 0.25) is 0 Å². The van der Waals surface area contributed by atoms with Crippen molar-refractivity contribution in [3.05, 3.63) is 70.2 Å². The van der Waals surface area contributed by atoms with Crippen LogP contribution in [0, 0.1) is 5.92 Å². The van der Waals surface area contributed by atoms with Crippen LogP contribution in [0.4, 0.5) is 0 Å². The number of benzene rings is 2. The van der Waals surface area contributed by atoms with E-state index < -0.39 is 0 Å². The average molecular weight is 442 g/mol. The van der Waals surface area contributed by atoms with Gasteiger partial charge in [-0.2, -0.15) is 0 Å². The number of carbonyl (C=O) groups is 2. The van der Waals surface area contributed by atoms with E-state index in [-0.39, 0.29) is 24.3 Å². The van der Waals surface area contributed by atoms with Gasteiger partial charge in [-0.15, -0.1) is 0 Å². The van der Waals surface area contributed by atoms with Gasteiger partial charge in [0.05, 0.1) is 12.6 Å². The minimum atomic E-state index is -0.160. The lowest BCUT2D eigenvalue weighted by molar-refractivity contribution is -0.121. The zero-order chi connectivity index (χ0) is 19.9. The molecule has 2 aromatic carbocycles. The number of nitrogens with zero attached hydrogens (tertiary/aromatic N) is 1. The van der Waals surface area contributed by atoms with E-state index in [1.807, 2.05) is 61.5 Å². The molecule has 148 valence electrons. The van der Waals surface area contributed by atoms with E-state index in [4.69, 9.17) is 0 Å². The maximum atomic E-state index is 13.3. The Kier molecular flexibility index (Phi) is 7.43. The normalized spacial score (nSPS) is 15.8. The van der Waals surface area contributed by atoms with Gasteiger partial charge in [-0.3, -0.25) is 9.59 Å². The molecule has 0 unspecified atom stereocenters. The van der Waals surface area contributed by atoms with E-state index in [0.717, 1.165) is 22.9 Å². The first kappa shape index (κ1) is 20.8. The van der Waals surface area contributed by atoms with Gasteiger partial charge >= 0.3 is 0 Å². The van der Waals surface area contributed by atoms with Crippen LogP contribution in [0.1, 0.15) is 67.4 Å². The molecule has 3 rings (SSSR count). The van der Waals surface area contributed by atoms with Crippen LogP contribution in [0.5, 0.6) is 0 Å². The highest BCUT2D eigenvalue weighted by molar-refractivity contribution is 9.10. The highest BCUT2D eigenvalue weighted by atomic mass is 79.9. The fourth-order valence-corrected chi connectivity index (χ4v) is 4.29. The van der Waals surface area contributed by atoms with Gasteiger partial charge in [0.25, 0.3) is 5.91 Å². The van der Waals surface area contributed by atoms with Gasteiger partial charge < -0.3 is 4.90 Å². The molecule has 1 saturated carbocycles. The van der Waals surface area contributed by atoms with E-state index in [0.29, 0.717) is 17.9 Å². The summed E-state index contributed by atoms with van der Waals surface area (Å²) in [6, 6.07) is 17.1. The van der Waals surface area contributed by atoms with Gasteiger partial charge in [-0.05, 0) is 42.7 Å². The van der Waals surface area contributed by atoms with Crippen molar-refractivity contribution in [3.63, 3.8) is 0 Å². The summed E-state index contributed by atoms with van der Waals surface area (Å²) in [5.41, 5.74) is 1.65. The Bertz CT molecular complexity index is 782. The fraction of sp³-hybridized carbons (Fsp3) is 0.417. The fourth-order valence-electron chi connectivity index (χ4n) is 4.02. The Morgan fingerprint density at radius 1 is 1.00 bits per heavy atom. The van der Waals surface area contributed by atoms with E-state index in [9.17, 15) is 9.59 Å². The van der Waals surface area contributed by atoms with Crippen LogP contribution >= 0.6 is 15.9 Å². The number of rotatable bonds is 7. The van der Waals surface area contributed by atoms with Gasteiger partial charge in [0, 0.05) is 16.5 Å². The Balaban J connectivity index is 1.78. The number of carbonyl (C=O) groups excluding carboxylic acids is 2. The van der Waals surface area contributed by atoms with Crippen molar-refractivity contribution in [2.75, 3.05) is 6.54 Å². The molecule has 4 heteroatoms. The zero-order valence-corrected chi connectivity index (χ0v) is 18.0. The SMILES string of the molecule is C[C@H](c1ccccc1)N(CC(=O)CC1CCCCC1)C(=O)c1ccc(Br)cc1. The van der Waals surface area contributed by atoms with Crippen LogP contribution in [0.25, 0.3) is 0 Å². The van der Waals surface area contributed by atoms with Crippen molar-refractivity contribution >= 4 is 27.6 Å². The molecule has 1 fully saturated rings. The third-order valence-electron chi connectivity index (χ3n) is 5.69. The van der Waals surface area contributed by atoms with Crippen molar-refractivity contribution < 1.29 is 9.59 Å². The van der Waals surface area contributed by atoms with Gasteiger partial charge in [0.1, 0.15) is 0 Å². The van der Waals surface area contributed by atoms with Gasteiger partial charge in [-0.1, -0.05) is 78.4 Å². The first-order valence-corrected chi connectivity index (χ1v) is 11.0. The summed E-state index contributed by atoms with van der Waals surface area (Å²) in [4.78, 5) is 27.8. The Hall–Kier alpha value is -1.94. The minimum absolute atomic E-state index is 0.0964. The van der Waals surface area contributed by atoms with Crippen LogP contribution in [0.15, 0.2) is 59.1 Å². The maximum Gasteiger partial charge on any atom is 0.254 e. The molecule has 28 heavy (non-hydrogen) atoms. The van der Waals surface area contributed by atoms with Crippen molar-refractivity contribution in [2.24, 2.45) is 5.92 Å². The highest BCUT2D eigenvalue weighted by Crippen LogP contribution is 2.28. The monoisotopic (exact) mass is 441 g/mol. The Labute approximate surface area is 176 Å². The number of hydrogen-bond acceptors (Lipinski definition) is 2. The number of halogens is 1. The van der Waals surface area contributed by atoms with Crippen molar-refractivity contribution in [2.45, 2.75) is 51.5 Å². The molecule has 0 bridgehead atoms.